The lowest BCUT2D eigenvalue weighted by molar-refractivity contribution is 0.868. The summed E-state index contributed by atoms with van der Waals surface area (Å²) in [5.41, 5.74) is 7.48. The maximum atomic E-state index is 5.29. The minimum Gasteiger partial charge on any atom is -0.331 e. The third-order valence-corrected chi connectivity index (χ3v) is 3.31. The summed E-state index contributed by atoms with van der Waals surface area (Å²) in [6.45, 7) is 0. The molecule has 0 fully saturated rings. The maximum absolute atomic E-state index is 5.29. The van der Waals surface area contributed by atoms with Gasteiger partial charge in [-0.25, -0.2) is 9.98 Å². The second-order valence-corrected chi connectivity index (χ2v) is 5.34. The first-order valence-corrected chi connectivity index (χ1v) is 8.01. The van der Waals surface area contributed by atoms with Crippen molar-refractivity contribution < 1.29 is 0 Å². The Labute approximate surface area is 151 Å². The molecule has 25 heavy (non-hydrogen) atoms. The molecule has 0 aliphatic rings. The summed E-state index contributed by atoms with van der Waals surface area (Å²) in [6, 6.07) is 20.8. The molecule has 0 aliphatic heterocycles. The predicted octanol–water partition coefficient (Wildman–Crippen LogP) is 3.05. The normalized spacial score (nSPS) is 10.8. The highest BCUT2D eigenvalue weighted by Gasteiger charge is 2.06. The molecule has 3 N–H and O–H groups in total. The van der Waals surface area contributed by atoms with Gasteiger partial charge >= 0.3 is 0 Å². The molecule has 2 heterocycles. The van der Waals surface area contributed by atoms with E-state index in [0.29, 0.717) is 22.5 Å². The van der Waals surface area contributed by atoms with Gasteiger partial charge in [-0.05, 0) is 48.6 Å². The van der Waals surface area contributed by atoms with Gasteiger partial charge in [-0.2, -0.15) is 0 Å². The van der Waals surface area contributed by atoms with Crippen LogP contribution in [0.15, 0.2) is 84.1 Å². The number of hydrogen-bond acceptors (Lipinski definition) is 4. The van der Waals surface area contributed by atoms with E-state index in [9.17, 15) is 0 Å². The SMILES string of the molecule is S=C(NN/C(=N/c1ccccn1)c1ccccn1)Nc1ccccc1. The second kappa shape index (κ2) is 8.51. The molecule has 0 amide bonds. The highest BCUT2D eigenvalue weighted by atomic mass is 32.1. The zero-order chi connectivity index (χ0) is 17.3. The summed E-state index contributed by atoms with van der Waals surface area (Å²) in [6.07, 6.45) is 3.38. The van der Waals surface area contributed by atoms with Crippen LogP contribution in [0.1, 0.15) is 5.69 Å². The molecule has 0 radical (unpaired) electrons. The van der Waals surface area contributed by atoms with E-state index >= 15 is 0 Å². The molecule has 3 aromatic rings. The van der Waals surface area contributed by atoms with E-state index in [1.807, 2.05) is 66.7 Å². The van der Waals surface area contributed by atoms with Gasteiger partial charge in [-0.15, -0.1) is 0 Å². The molecule has 1 aromatic carbocycles. The summed E-state index contributed by atoms with van der Waals surface area (Å²) in [4.78, 5) is 13.0. The summed E-state index contributed by atoms with van der Waals surface area (Å²) in [5, 5.41) is 3.49. The van der Waals surface area contributed by atoms with E-state index in [2.05, 4.69) is 31.1 Å². The van der Waals surface area contributed by atoms with Gasteiger partial charge in [0.2, 0.25) is 0 Å². The van der Waals surface area contributed by atoms with Crippen molar-refractivity contribution in [1.82, 2.24) is 20.8 Å². The largest absolute Gasteiger partial charge is 0.331 e. The van der Waals surface area contributed by atoms with E-state index in [0.717, 1.165) is 5.69 Å². The van der Waals surface area contributed by atoms with Crippen LogP contribution in [0.5, 0.6) is 0 Å². The zero-order valence-corrected chi connectivity index (χ0v) is 14.1. The number of nitrogens with zero attached hydrogens (tertiary/aromatic N) is 3. The first kappa shape index (κ1) is 16.5. The molecule has 124 valence electrons. The topological polar surface area (TPSA) is 74.2 Å². The Kier molecular flexibility index (Phi) is 5.63. The van der Waals surface area contributed by atoms with Gasteiger partial charge in [0.25, 0.3) is 0 Å². The van der Waals surface area contributed by atoms with E-state index in [1.54, 1.807) is 12.4 Å². The van der Waals surface area contributed by atoms with Gasteiger partial charge in [0.05, 0.1) is 0 Å². The number of rotatable bonds is 3. The number of hydrogen-bond donors (Lipinski definition) is 3. The number of amidine groups is 1. The third kappa shape index (κ3) is 5.08. The number of para-hydroxylation sites is 1. The Morgan fingerprint density at radius 3 is 2.20 bits per heavy atom. The van der Waals surface area contributed by atoms with Crippen LogP contribution in [0.25, 0.3) is 0 Å². The number of pyridine rings is 2. The monoisotopic (exact) mass is 348 g/mol. The summed E-state index contributed by atoms with van der Waals surface area (Å²) >= 11 is 5.29. The Balaban J connectivity index is 1.72. The van der Waals surface area contributed by atoms with Crippen LogP contribution in [0.2, 0.25) is 0 Å². The van der Waals surface area contributed by atoms with Crippen molar-refractivity contribution in [1.29, 1.82) is 0 Å². The van der Waals surface area contributed by atoms with Crippen LogP contribution in [-0.2, 0) is 0 Å². The van der Waals surface area contributed by atoms with Gasteiger partial charge < -0.3 is 5.32 Å². The molecule has 7 heteroatoms. The van der Waals surface area contributed by atoms with E-state index in [-0.39, 0.29) is 0 Å². The number of thiocarbonyl (C=S) groups is 1. The lowest BCUT2D eigenvalue weighted by Gasteiger charge is -2.14. The lowest BCUT2D eigenvalue weighted by atomic mass is 10.3. The quantitative estimate of drug-likeness (QED) is 0.292. The molecule has 0 saturated heterocycles. The summed E-state index contributed by atoms with van der Waals surface area (Å²) < 4.78 is 0. The third-order valence-electron chi connectivity index (χ3n) is 3.11. The van der Waals surface area contributed by atoms with Crippen LogP contribution >= 0.6 is 12.2 Å². The zero-order valence-electron chi connectivity index (χ0n) is 13.3. The van der Waals surface area contributed by atoms with E-state index < -0.39 is 0 Å². The maximum Gasteiger partial charge on any atom is 0.189 e. The Bertz CT molecular complexity index is 837. The van der Waals surface area contributed by atoms with Crippen LogP contribution < -0.4 is 16.2 Å². The summed E-state index contributed by atoms with van der Waals surface area (Å²) in [7, 11) is 0. The van der Waals surface area contributed by atoms with E-state index in [1.165, 1.54) is 0 Å². The Morgan fingerprint density at radius 1 is 0.800 bits per heavy atom. The molecule has 0 aliphatic carbocycles. The van der Waals surface area contributed by atoms with Crippen LogP contribution in [0, 0.1) is 0 Å². The fourth-order valence-corrected chi connectivity index (χ4v) is 2.16. The van der Waals surface area contributed by atoms with Crippen LogP contribution in [0.3, 0.4) is 0 Å². The fraction of sp³-hybridized carbons (Fsp3) is 0. The Hall–Kier alpha value is -3.32. The first-order chi connectivity index (χ1) is 12.3. The van der Waals surface area contributed by atoms with Gasteiger partial charge in [0.15, 0.2) is 16.8 Å². The van der Waals surface area contributed by atoms with Gasteiger partial charge in [-0.3, -0.25) is 15.8 Å². The summed E-state index contributed by atoms with van der Waals surface area (Å²) in [5.74, 6) is 1.08. The molecule has 2 aromatic heterocycles. The standard InChI is InChI=1S/C18H16N6S/c25-18(21-14-8-2-1-3-9-14)24-23-17(15-10-4-6-12-19-15)22-16-11-5-7-13-20-16/h1-13H,(H,20,22,23)(H2,21,24,25). The number of benzene rings is 1. The average molecular weight is 348 g/mol. The first-order valence-electron chi connectivity index (χ1n) is 7.60. The minimum absolute atomic E-state index is 0.413. The molecule has 0 saturated carbocycles. The molecule has 0 bridgehead atoms. The molecular weight excluding hydrogens is 332 g/mol. The number of aromatic nitrogens is 2. The number of anilines is 1. The lowest BCUT2D eigenvalue weighted by Crippen LogP contribution is -2.44. The second-order valence-electron chi connectivity index (χ2n) is 4.93. The molecule has 0 unspecified atom stereocenters. The molecule has 0 spiro atoms. The fourth-order valence-electron chi connectivity index (χ4n) is 1.99. The van der Waals surface area contributed by atoms with Crippen molar-refractivity contribution >= 4 is 34.7 Å². The van der Waals surface area contributed by atoms with Gasteiger partial charge in [0.1, 0.15) is 5.69 Å². The van der Waals surface area contributed by atoms with Crippen molar-refractivity contribution in [3.8, 4) is 0 Å². The molecule has 3 rings (SSSR count). The number of hydrazine groups is 1. The minimum atomic E-state index is 0.413. The van der Waals surface area contributed by atoms with Gasteiger partial charge in [0, 0.05) is 18.1 Å². The highest BCUT2D eigenvalue weighted by molar-refractivity contribution is 7.80. The average Bonchev–Trinajstić information content (AvgIpc) is 2.67. The smallest absolute Gasteiger partial charge is 0.189 e. The number of nitrogens with one attached hydrogen (secondary N) is 3. The van der Waals surface area contributed by atoms with Crippen molar-refractivity contribution in [2.75, 3.05) is 5.32 Å². The predicted molar refractivity (Wildman–Crippen MR) is 104 cm³/mol. The highest BCUT2D eigenvalue weighted by Crippen LogP contribution is 2.08. The van der Waals surface area contributed by atoms with Crippen LogP contribution in [-0.4, -0.2) is 20.9 Å². The van der Waals surface area contributed by atoms with E-state index in [4.69, 9.17) is 12.2 Å². The van der Waals surface area contributed by atoms with Crippen molar-refractivity contribution in [3.63, 3.8) is 0 Å². The van der Waals surface area contributed by atoms with Crippen LogP contribution in [0.4, 0.5) is 11.5 Å². The molecule has 0 atom stereocenters. The molecular formula is C18H16N6S. The van der Waals surface area contributed by atoms with Crippen molar-refractivity contribution in [3.05, 3.63) is 84.8 Å². The van der Waals surface area contributed by atoms with Crippen molar-refractivity contribution in [2.45, 2.75) is 0 Å². The number of aliphatic imine (C=N–C) groups is 1. The molecule has 6 nitrogen and oxygen atoms in total. The Morgan fingerprint density at radius 2 is 1.52 bits per heavy atom. The van der Waals surface area contributed by atoms with Crippen molar-refractivity contribution in [2.24, 2.45) is 4.99 Å². The van der Waals surface area contributed by atoms with Gasteiger partial charge in [-0.1, -0.05) is 30.3 Å².